The van der Waals surface area contributed by atoms with Gasteiger partial charge in [-0.15, -0.1) is 0 Å². The third-order valence-corrected chi connectivity index (χ3v) is 4.59. The second kappa shape index (κ2) is 5.03. The second-order valence-electron chi connectivity index (χ2n) is 3.97. The number of carbonyl (C=O) groups is 1. The maximum absolute atomic E-state index is 13.5. The van der Waals surface area contributed by atoms with E-state index >= 15 is 0 Å². The minimum absolute atomic E-state index is 0.516. The van der Waals surface area contributed by atoms with Crippen molar-refractivity contribution in [2.24, 2.45) is 0 Å². The summed E-state index contributed by atoms with van der Waals surface area (Å²) in [7, 11) is -3.05. The molecule has 0 spiro atoms. The Bertz CT molecular complexity index is 570. The van der Waals surface area contributed by atoms with Gasteiger partial charge in [0.05, 0.1) is 0 Å². The predicted octanol–water partition coefficient (Wildman–Crippen LogP) is 1.23. The number of carboxylic acid groups (broad SMARTS) is 1. The number of nitrogens with zero attached hydrogens (tertiary/aromatic N) is 1. The molecular weight excluding hydrogens is 261 g/mol. The molecule has 0 aliphatic heterocycles. The third kappa shape index (κ3) is 2.68. The molecule has 5 nitrogen and oxygen atoms in total. The highest BCUT2D eigenvalue weighted by molar-refractivity contribution is 7.89. The van der Waals surface area contributed by atoms with Crippen LogP contribution in [0.5, 0.6) is 0 Å². The molecule has 0 fully saturated rings. The third-order valence-electron chi connectivity index (χ3n) is 2.65. The van der Waals surface area contributed by atoms with Gasteiger partial charge in [0, 0.05) is 7.05 Å². The van der Waals surface area contributed by atoms with Gasteiger partial charge in [-0.25, -0.2) is 12.8 Å². The lowest BCUT2D eigenvalue weighted by Crippen LogP contribution is -2.40. The Hall–Kier alpha value is -1.47. The predicted molar refractivity (Wildman–Crippen MR) is 63.2 cm³/mol. The maximum atomic E-state index is 13.5. The van der Waals surface area contributed by atoms with Crippen molar-refractivity contribution in [2.45, 2.75) is 24.8 Å². The average molecular weight is 275 g/mol. The van der Waals surface area contributed by atoms with Crippen LogP contribution in [0.2, 0.25) is 0 Å². The molecule has 18 heavy (non-hydrogen) atoms. The molecule has 1 aromatic rings. The highest BCUT2D eigenvalue weighted by Crippen LogP contribution is 2.21. The SMILES string of the molecule is Cc1ccc(F)c(S(=O)(=O)N(C)C(C)C(=O)O)c1. The number of benzene rings is 1. The number of sulfonamides is 1. The van der Waals surface area contributed by atoms with E-state index in [-0.39, 0.29) is 0 Å². The fourth-order valence-electron chi connectivity index (χ4n) is 1.33. The number of rotatable bonds is 4. The van der Waals surface area contributed by atoms with Crippen LogP contribution in [0.15, 0.2) is 23.1 Å². The Morgan fingerprint density at radius 1 is 1.44 bits per heavy atom. The van der Waals surface area contributed by atoms with Crippen LogP contribution in [-0.2, 0) is 14.8 Å². The fraction of sp³-hybridized carbons (Fsp3) is 0.364. The van der Waals surface area contributed by atoms with Gasteiger partial charge in [0.15, 0.2) is 0 Å². The van der Waals surface area contributed by atoms with Crippen LogP contribution in [-0.4, -0.2) is 36.9 Å². The van der Waals surface area contributed by atoms with Crippen LogP contribution < -0.4 is 0 Å². The summed E-state index contributed by atoms with van der Waals surface area (Å²) in [6.07, 6.45) is 0. The summed E-state index contributed by atoms with van der Waals surface area (Å²) in [6.45, 7) is 2.84. The first kappa shape index (κ1) is 14.6. The van der Waals surface area contributed by atoms with E-state index in [1.165, 1.54) is 19.1 Å². The summed E-state index contributed by atoms with van der Waals surface area (Å²) in [5, 5.41) is 8.79. The monoisotopic (exact) mass is 275 g/mol. The van der Waals surface area contributed by atoms with Crippen LogP contribution in [0.4, 0.5) is 4.39 Å². The standard InChI is InChI=1S/C11H14FNO4S/c1-7-4-5-9(12)10(6-7)18(16,17)13(3)8(2)11(14)15/h4-6,8H,1-3H3,(H,14,15). The number of hydrogen-bond acceptors (Lipinski definition) is 3. The van der Waals surface area contributed by atoms with Crippen molar-refractivity contribution >= 4 is 16.0 Å². The molecule has 1 unspecified atom stereocenters. The highest BCUT2D eigenvalue weighted by Gasteiger charge is 2.31. The van der Waals surface area contributed by atoms with Crippen molar-refractivity contribution < 1.29 is 22.7 Å². The van der Waals surface area contributed by atoms with Crippen molar-refractivity contribution in [3.8, 4) is 0 Å². The van der Waals surface area contributed by atoms with Gasteiger partial charge in [-0.2, -0.15) is 4.31 Å². The van der Waals surface area contributed by atoms with E-state index in [0.717, 1.165) is 13.1 Å². The Morgan fingerprint density at radius 2 is 2.00 bits per heavy atom. The molecular formula is C11H14FNO4S. The Kier molecular flexibility index (Phi) is 4.08. The van der Waals surface area contributed by atoms with Gasteiger partial charge in [-0.1, -0.05) is 6.07 Å². The molecule has 1 aromatic carbocycles. The van der Waals surface area contributed by atoms with Crippen molar-refractivity contribution in [3.63, 3.8) is 0 Å². The summed E-state index contributed by atoms with van der Waals surface area (Å²) in [5.74, 6) is -2.20. The molecule has 0 aliphatic rings. The van der Waals surface area contributed by atoms with Crippen molar-refractivity contribution in [2.75, 3.05) is 7.05 Å². The van der Waals surface area contributed by atoms with Crippen LogP contribution in [0.3, 0.4) is 0 Å². The van der Waals surface area contributed by atoms with Crippen LogP contribution in [0.25, 0.3) is 0 Å². The zero-order valence-electron chi connectivity index (χ0n) is 10.2. The number of hydrogen-bond donors (Lipinski definition) is 1. The molecule has 0 radical (unpaired) electrons. The molecule has 1 rings (SSSR count). The number of carboxylic acids is 1. The average Bonchev–Trinajstić information content (AvgIpc) is 2.29. The largest absolute Gasteiger partial charge is 0.480 e. The van der Waals surface area contributed by atoms with Gasteiger partial charge in [0.2, 0.25) is 10.0 Å². The van der Waals surface area contributed by atoms with E-state index in [0.29, 0.717) is 9.87 Å². The zero-order chi connectivity index (χ0) is 14.1. The molecule has 7 heteroatoms. The summed E-state index contributed by atoms with van der Waals surface area (Å²) < 4.78 is 38.3. The Morgan fingerprint density at radius 3 is 2.50 bits per heavy atom. The van der Waals surface area contributed by atoms with E-state index in [4.69, 9.17) is 5.11 Å². The molecule has 100 valence electrons. The zero-order valence-corrected chi connectivity index (χ0v) is 11.0. The second-order valence-corrected chi connectivity index (χ2v) is 5.94. The molecule has 0 saturated carbocycles. The smallest absolute Gasteiger partial charge is 0.321 e. The molecule has 0 aromatic heterocycles. The molecule has 0 heterocycles. The summed E-state index contributed by atoms with van der Waals surface area (Å²) >= 11 is 0. The van der Waals surface area contributed by atoms with Gasteiger partial charge in [-0.05, 0) is 31.5 Å². The first-order valence-electron chi connectivity index (χ1n) is 5.15. The lowest BCUT2D eigenvalue weighted by atomic mass is 10.2. The number of halogens is 1. The van der Waals surface area contributed by atoms with E-state index < -0.39 is 32.7 Å². The summed E-state index contributed by atoms with van der Waals surface area (Å²) in [6, 6.07) is 2.39. The van der Waals surface area contributed by atoms with E-state index in [9.17, 15) is 17.6 Å². The maximum Gasteiger partial charge on any atom is 0.321 e. The molecule has 0 bridgehead atoms. The van der Waals surface area contributed by atoms with Crippen LogP contribution in [0.1, 0.15) is 12.5 Å². The van der Waals surface area contributed by atoms with Crippen molar-refractivity contribution in [1.82, 2.24) is 4.31 Å². The minimum Gasteiger partial charge on any atom is -0.480 e. The Labute approximate surface area is 105 Å². The number of aryl methyl sites for hydroxylation is 1. The molecule has 0 aliphatic carbocycles. The minimum atomic E-state index is -4.16. The van der Waals surface area contributed by atoms with Gasteiger partial charge >= 0.3 is 5.97 Å². The van der Waals surface area contributed by atoms with Crippen LogP contribution >= 0.6 is 0 Å². The normalized spacial score (nSPS) is 13.6. The fourth-order valence-corrected chi connectivity index (χ4v) is 2.79. The van der Waals surface area contributed by atoms with E-state index in [1.54, 1.807) is 6.92 Å². The van der Waals surface area contributed by atoms with E-state index in [1.807, 2.05) is 0 Å². The van der Waals surface area contributed by atoms with Gasteiger partial charge in [-0.3, -0.25) is 4.79 Å². The number of likely N-dealkylation sites (N-methyl/N-ethyl adjacent to an activating group) is 1. The lowest BCUT2D eigenvalue weighted by molar-refractivity contribution is -0.140. The molecule has 0 amide bonds. The summed E-state index contributed by atoms with van der Waals surface area (Å²) in [5.41, 5.74) is 0.575. The first-order chi connectivity index (χ1) is 8.17. The molecule has 0 saturated heterocycles. The lowest BCUT2D eigenvalue weighted by Gasteiger charge is -2.21. The first-order valence-corrected chi connectivity index (χ1v) is 6.59. The number of aliphatic carboxylic acids is 1. The van der Waals surface area contributed by atoms with Gasteiger partial charge in [0.1, 0.15) is 16.8 Å². The molecule has 1 N–H and O–H groups in total. The molecule has 1 atom stereocenters. The van der Waals surface area contributed by atoms with Crippen molar-refractivity contribution in [3.05, 3.63) is 29.6 Å². The topological polar surface area (TPSA) is 74.7 Å². The Balaban J connectivity index is 3.29. The van der Waals surface area contributed by atoms with Gasteiger partial charge < -0.3 is 5.11 Å². The summed E-state index contributed by atoms with van der Waals surface area (Å²) in [4.78, 5) is 10.3. The van der Waals surface area contributed by atoms with E-state index in [2.05, 4.69) is 0 Å². The van der Waals surface area contributed by atoms with Crippen molar-refractivity contribution in [1.29, 1.82) is 0 Å². The quantitative estimate of drug-likeness (QED) is 0.896. The van der Waals surface area contributed by atoms with Gasteiger partial charge in [0.25, 0.3) is 0 Å². The van der Waals surface area contributed by atoms with Crippen LogP contribution in [0, 0.1) is 12.7 Å². The highest BCUT2D eigenvalue weighted by atomic mass is 32.2.